The third kappa shape index (κ3) is 3.65. The molecule has 0 saturated heterocycles. The first-order chi connectivity index (χ1) is 11.7. The minimum absolute atomic E-state index is 0.161. The second-order valence-electron chi connectivity index (χ2n) is 5.13. The lowest BCUT2D eigenvalue weighted by Crippen LogP contribution is -2.03. The topological polar surface area (TPSA) is 64.7 Å². The standard InChI is InChI=1S/C18H16FNO4/c1-22-15-6-7-16(19)13(10-15)8-9-23-14-4-2-12(3-5-14)17-11-18(21)20-24-17/h2-7,10-11H,8-9H2,1H3,(H,20,21). The monoisotopic (exact) mass is 329 g/mol. The highest BCUT2D eigenvalue weighted by Crippen LogP contribution is 2.25. The molecule has 5 nitrogen and oxygen atoms in total. The maximum absolute atomic E-state index is 13.7. The molecule has 0 amide bonds. The lowest BCUT2D eigenvalue weighted by molar-refractivity contribution is 0.319. The Morgan fingerprint density at radius 3 is 2.50 bits per heavy atom. The Labute approximate surface area is 138 Å². The van der Waals surface area contributed by atoms with Crippen LogP contribution >= 0.6 is 0 Å². The summed E-state index contributed by atoms with van der Waals surface area (Å²) in [5.41, 5.74) is 1.32. The molecule has 3 aromatic rings. The largest absolute Gasteiger partial charge is 0.497 e. The van der Waals surface area contributed by atoms with Gasteiger partial charge in [-0.3, -0.25) is 0 Å². The molecule has 0 saturated carbocycles. The van der Waals surface area contributed by atoms with Crippen molar-refractivity contribution in [1.29, 1.82) is 0 Å². The van der Waals surface area contributed by atoms with Crippen molar-refractivity contribution in [2.24, 2.45) is 0 Å². The Hall–Kier alpha value is -3.02. The summed E-state index contributed by atoms with van der Waals surface area (Å²) < 4.78 is 29.4. The zero-order chi connectivity index (χ0) is 16.9. The van der Waals surface area contributed by atoms with Crippen LogP contribution in [0.4, 0.5) is 4.39 Å². The zero-order valence-electron chi connectivity index (χ0n) is 13.0. The number of hydrogen-bond acceptors (Lipinski definition) is 5. The van der Waals surface area contributed by atoms with Gasteiger partial charge in [-0.05, 0) is 53.2 Å². The summed E-state index contributed by atoms with van der Waals surface area (Å²) in [6.45, 7) is 0.340. The highest BCUT2D eigenvalue weighted by atomic mass is 19.1. The summed E-state index contributed by atoms with van der Waals surface area (Å²) in [6, 6.07) is 13.2. The molecule has 6 heteroatoms. The van der Waals surface area contributed by atoms with Crippen molar-refractivity contribution >= 4 is 0 Å². The highest BCUT2D eigenvalue weighted by Gasteiger charge is 2.07. The van der Waals surface area contributed by atoms with Gasteiger partial charge in [-0.25, -0.2) is 4.39 Å². The van der Waals surface area contributed by atoms with Crippen LogP contribution in [0.5, 0.6) is 17.4 Å². The molecule has 1 heterocycles. The maximum atomic E-state index is 13.7. The second kappa shape index (κ2) is 7.04. The van der Waals surface area contributed by atoms with Gasteiger partial charge in [0, 0.05) is 18.1 Å². The molecule has 1 aromatic heterocycles. The molecule has 0 atom stereocenters. The van der Waals surface area contributed by atoms with E-state index in [1.54, 1.807) is 43.5 Å². The molecule has 124 valence electrons. The van der Waals surface area contributed by atoms with Gasteiger partial charge < -0.3 is 19.1 Å². The van der Waals surface area contributed by atoms with Gasteiger partial charge in [0.25, 0.3) is 5.88 Å². The van der Waals surface area contributed by atoms with Crippen LogP contribution < -0.4 is 9.47 Å². The van der Waals surface area contributed by atoms with Crippen molar-refractivity contribution in [2.45, 2.75) is 6.42 Å². The van der Waals surface area contributed by atoms with Crippen LogP contribution in [0.25, 0.3) is 11.3 Å². The first-order valence-corrected chi connectivity index (χ1v) is 7.37. The second-order valence-corrected chi connectivity index (χ2v) is 5.13. The van der Waals surface area contributed by atoms with E-state index in [0.717, 1.165) is 5.56 Å². The van der Waals surface area contributed by atoms with E-state index in [0.29, 0.717) is 35.9 Å². The first kappa shape index (κ1) is 15.9. The van der Waals surface area contributed by atoms with Crippen LogP contribution in [0.15, 0.2) is 53.1 Å². The predicted octanol–water partition coefficient (Wildman–Crippen LogP) is 3.82. The smallest absolute Gasteiger partial charge is 0.252 e. The summed E-state index contributed by atoms with van der Waals surface area (Å²) >= 11 is 0. The number of halogens is 1. The molecule has 1 N–H and O–H groups in total. The normalized spacial score (nSPS) is 10.6. The summed E-state index contributed by atoms with van der Waals surface area (Å²) in [5, 5.41) is 12.6. The van der Waals surface area contributed by atoms with Gasteiger partial charge in [0.15, 0.2) is 5.76 Å². The average Bonchev–Trinajstić information content (AvgIpc) is 3.03. The number of ether oxygens (including phenoxy) is 2. The van der Waals surface area contributed by atoms with E-state index in [-0.39, 0.29) is 11.7 Å². The highest BCUT2D eigenvalue weighted by molar-refractivity contribution is 5.58. The third-order valence-electron chi connectivity index (χ3n) is 3.53. The summed E-state index contributed by atoms with van der Waals surface area (Å²) in [6.07, 6.45) is 0.431. The lowest BCUT2D eigenvalue weighted by Gasteiger charge is -2.08. The molecule has 2 aromatic carbocycles. The number of rotatable bonds is 6. The van der Waals surface area contributed by atoms with Crippen LogP contribution in [0, 0.1) is 5.82 Å². The number of methoxy groups -OCH3 is 1. The summed E-state index contributed by atoms with van der Waals surface area (Å²) in [4.78, 5) is 0. The Morgan fingerprint density at radius 2 is 1.83 bits per heavy atom. The van der Waals surface area contributed by atoms with Gasteiger partial charge in [-0.2, -0.15) is 0 Å². The van der Waals surface area contributed by atoms with E-state index in [1.165, 1.54) is 12.1 Å². The molecule has 0 aliphatic rings. The van der Waals surface area contributed by atoms with Crippen LogP contribution in [-0.4, -0.2) is 24.0 Å². The number of nitrogens with zero attached hydrogens (tertiary/aromatic N) is 1. The third-order valence-corrected chi connectivity index (χ3v) is 3.53. The predicted molar refractivity (Wildman–Crippen MR) is 85.8 cm³/mol. The quantitative estimate of drug-likeness (QED) is 0.745. The molecule has 0 fully saturated rings. The van der Waals surface area contributed by atoms with Crippen molar-refractivity contribution in [3.05, 3.63) is 59.9 Å². The first-order valence-electron chi connectivity index (χ1n) is 7.37. The minimum Gasteiger partial charge on any atom is -0.497 e. The molecular weight excluding hydrogens is 313 g/mol. The van der Waals surface area contributed by atoms with Gasteiger partial charge >= 0.3 is 0 Å². The van der Waals surface area contributed by atoms with E-state index in [4.69, 9.17) is 14.0 Å². The van der Waals surface area contributed by atoms with Gasteiger partial charge in [0.1, 0.15) is 17.3 Å². The van der Waals surface area contributed by atoms with Crippen LogP contribution in [0.2, 0.25) is 0 Å². The minimum atomic E-state index is -0.278. The Balaban J connectivity index is 1.59. The van der Waals surface area contributed by atoms with Gasteiger partial charge in [0.05, 0.1) is 13.7 Å². The van der Waals surface area contributed by atoms with Gasteiger partial charge in [0.2, 0.25) is 0 Å². The molecule has 0 spiro atoms. The number of hydrogen-bond donors (Lipinski definition) is 1. The molecule has 0 aliphatic heterocycles. The molecule has 24 heavy (non-hydrogen) atoms. The molecule has 0 radical (unpaired) electrons. The van der Waals surface area contributed by atoms with Gasteiger partial charge in [-0.15, -0.1) is 0 Å². The Morgan fingerprint density at radius 1 is 1.08 bits per heavy atom. The molecular formula is C18H16FNO4. The summed E-state index contributed by atoms with van der Waals surface area (Å²) in [5.74, 6) is 1.31. The van der Waals surface area contributed by atoms with Crippen molar-refractivity contribution in [2.75, 3.05) is 13.7 Å². The molecule has 0 bridgehead atoms. The average molecular weight is 329 g/mol. The Bertz CT molecular complexity index is 814. The fourth-order valence-electron chi connectivity index (χ4n) is 2.27. The zero-order valence-corrected chi connectivity index (χ0v) is 13.0. The Kier molecular flexibility index (Phi) is 4.65. The van der Waals surface area contributed by atoms with E-state index in [2.05, 4.69) is 5.16 Å². The van der Waals surface area contributed by atoms with Gasteiger partial charge in [-0.1, -0.05) is 0 Å². The lowest BCUT2D eigenvalue weighted by atomic mass is 10.1. The fraction of sp³-hybridized carbons (Fsp3) is 0.167. The van der Waals surface area contributed by atoms with Crippen LogP contribution in [0.3, 0.4) is 0 Å². The number of aromatic hydroxyl groups is 1. The molecule has 3 rings (SSSR count). The number of benzene rings is 2. The van der Waals surface area contributed by atoms with Crippen LogP contribution in [0.1, 0.15) is 5.56 Å². The maximum Gasteiger partial charge on any atom is 0.252 e. The van der Waals surface area contributed by atoms with Crippen molar-refractivity contribution in [3.8, 4) is 28.7 Å². The molecule has 0 unspecified atom stereocenters. The number of aromatic nitrogens is 1. The SMILES string of the molecule is COc1ccc(F)c(CCOc2ccc(-c3cc(O)no3)cc2)c1. The van der Waals surface area contributed by atoms with E-state index in [9.17, 15) is 9.50 Å². The van der Waals surface area contributed by atoms with Crippen LogP contribution in [-0.2, 0) is 6.42 Å². The van der Waals surface area contributed by atoms with Crippen molar-refractivity contribution < 1.29 is 23.5 Å². The fourth-order valence-corrected chi connectivity index (χ4v) is 2.27. The van der Waals surface area contributed by atoms with Crippen molar-refractivity contribution in [3.63, 3.8) is 0 Å². The van der Waals surface area contributed by atoms with E-state index >= 15 is 0 Å². The van der Waals surface area contributed by atoms with E-state index < -0.39 is 0 Å². The van der Waals surface area contributed by atoms with Crippen molar-refractivity contribution in [1.82, 2.24) is 5.16 Å². The molecule has 0 aliphatic carbocycles. The van der Waals surface area contributed by atoms with E-state index in [1.807, 2.05) is 0 Å². The summed E-state index contributed by atoms with van der Waals surface area (Å²) in [7, 11) is 1.54.